The Morgan fingerprint density at radius 1 is 1.10 bits per heavy atom. The Hall–Kier alpha value is -2.62. The van der Waals surface area contributed by atoms with Gasteiger partial charge in [0.05, 0.1) is 22.0 Å². The Labute approximate surface area is 121 Å². The van der Waals surface area contributed by atoms with Crippen LogP contribution in [-0.2, 0) is 10.0 Å². The third kappa shape index (κ3) is 2.18. The molecule has 21 heavy (non-hydrogen) atoms. The van der Waals surface area contributed by atoms with Gasteiger partial charge in [0.15, 0.2) is 0 Å². The van der Waals surface area contributed by atoms with E-state index in [4.69, 9.17) is 5.14 Å². The summed E-state index contributed by atoms with van der Waals surface area (Å²) in [5.41, 5.74) is 2.00. The largest absolute Gasteiger partial charge is 0.361 e. The van der Waals surface area contributed by atoms with Crippen LogP contribution in [0.3, 0.4) is 0 Å². The summed E-state index contributed by atoms with van der Waals surface area (Å²) in [7, 11) is -3.93. The molecule has 0 bridgehead atoms. The molecule has 1 aromatic heterocycles. The lowest BCUT2D eigenvalue weighted by Crippen LogP contribution is -2.14. The van der Waals surface area contributed by atoms with Crippen LogP contribution in [0.2, 0.25) is 0 Å². The molecule has 0 spiro atoms. The number of primary sulfonamides is 1. The number of aromatic amines is 1. The normalized spacial score (nSPS) is 11.4. The second kappa shape index (κ2) is 4.74. The lowest BCUT2D eigenvalue weighted by atomic mass is 9.98. The summed E-state index contributed by atoms with van der Waals surface area (Å²) in [4.78, 5) is 3.02. The first kappa shape index (κ1) is 13.4. The minimum absolute atomic E-state index is 0.0522. The van der Waals surface area contributed by atoms with Crippen molar-refractivity contribution in [2.75, 3.05) is 0 Å². The van der Waals surface area contributed by atoms with Gasteiger partial charge in [-0.15, -0.1) is 0 Å². The molecule has 0 aliphatic heterocycles. The first-order valence-electron chi connectivity index (χ1n) is 6.15. The molecule has 3 rings (SSSR count). The van der Waals surface area contributed by atoms with Gasteiger partial charge in [-0.2, -0.15) is 5.26 Å². The van der Waals surface area contributed by atoms with Crippen LogP contribution in [-0.4, -0.2) is 13.4 Å². The predicted molar refractivity (Wildman–Crippen MR) is 79.8 cm³/mol. The maximum atomic E-state index is 11.8. The molecule has 0 saturated carbocycles. The summed E-state index contributed by atoms with van der Waals surface area (Å²) < 4.78 is 23.7. The Kier molecular flexibility index (Phi) is 3.01. The molecule has 0 saturated heterocycles. The third-order valence-corrected chi connectivity index (χ3v) is 4.26. The SMILES string of the molecule is N#Cc1cccc(S(N)(=O)=O)c1-c1cccc2cc[nH]c12. The number of sulfonamides is 1. The van der Waals surface area contributed by atoms with Crippen LogP contribution in [0.5, 0.6) is 0 Å². The van der Waals surface area contributed by atoms with Gasteiger partial charge in [0, 0.05) is 17.3 Å². The van der Waals surface area contributed by atoms with Gasteiger partial charge in [-0.1, -0.05) is 24.3 Å². The number of nitrogens with two attached hydrogens (primary N) is 1. The van der Waals surface area contributed by atoms with Crippen molar-refractivity contribution in [1.82, 2.24) is 4.98 Å². The summed E-state index contributed by atoms with van der Waals surface area (Å²) >= 11 is 0. The van der Waals surface area contributed by atoms with Crippen LogP contribution in [0.25, 0.3) is 22.0 Å². The van der Waals surface area contributed by atoms with Gasteiger partial charge in [-0.3, -0.25) is 0 Å². The molecule has 5 nitrogen and oxygen atoms in total. The summed E-state index contributed by atoms with van der Waals surface area (Å²) in [6, 6.07) is 13.9. The topological polar surface area (TPSA) is 99.7 Å². The summed E-state index contributed by atoms with van der Waals surface area (Å²) in [5, 5.41) is 15.5. The Morgan fingerprint density at radius 3 is 2.57 bits per heavy atom. The number of fused-ring (bicyclic) bond motifs is 1. The number of hydrogen-bond donors (Lipinski definition) is 2. The van der Waals surface area contributed by atoms with Gasteiger partial charge in [0.1, 0.15) is 0 Å². The first-order chi connectivity index (χ1) is 10.0. The van der Waals surface area contributed by atoms with Crippen molar-refractivity contribution in [3.63, 3.8) is 0 Å². The number of hydrogen-bond acceptors (Lipinski definition) is 3. The van der Waals surface area contributed by atoms with Crippen molar-refractivity contribution in [2.45, 2.75) is 4.90 Å². The third-order valence-electron chi connectivity index (χ3n) is 3.31. The van der Waals surface area contributed by atoms with Crippen LogP contribution in [0, 0.1) is 11.3 Å². The van der Waals surface area contributed by atoms with Gasteiger partial charge in [-0.25, -0.2) is 13.6 Å². The highest BCUT2D eigenvalue weighted by Crippen LogP contribution is 2.34. The Morgan fingerprint density at radius 2 is 1.86 bits per heavy atom. The number of nitrogens with one attached hydrogen (secondary N) is 1. The van der Waals surface area contributed by atoms with E-state index in [1.54, 1.807) is 18.3 Å². The Balaban J connectivity index is 2.48. The molecule has 1 heterocycles. The molecule has 0 fully saturated rings. The molecule has 2 aromatic carbocycles. The van der Waals surface area contributed by atoms with Gasteiger partial charge < -0.3 is 4.98 Å². The average Bonchev–Trinajstić information content (AvgIpc) is 2.93. The molecule has 0 unspecified atom stereocenters. The molecule has 3 aromatic rings. The van der Waals surface area contributed by atoms with Gasteiger partial charge >= 0.3 is 0 Å². The van der Waals surface area contributed by atoms with Crippen molar-refractivity contribution in [1.29, 1.82) is 5.26 Å². The van der Waals surface area contributed by atoms with Crippen molar-refractivity contribution in [2.24, 2.45) is 5.14 Å². The second-order valence-electron chi connectivity index (χ2n) is 4.58. The molecule has 0 aliphatic rings. The van der Waals surface area contributed by atoms with E-state index in [1.807, 2.05) is 24.3 Å². The number of nitriles is 1. The molecule has 0 radical (unpaired) electrons. The molecule has 104 valence electrons. The molecule has 6 heteroatoms. The predicted octanol–water partition coefficient (Wildman–Crippen LogP) is 2.35. The highest BCUT2D eigenvalue weighted by atomic mass is 32.2. The fraction of sp³-hybridized carbons (Fsp3) is 0. The van der Waals surface area contributed by atoms with E-state index in [-0.39, 0.29) is 10.5 Å². The number of benzene rings is 2. The number of H-pyrrole nitrogens is 1. The average molecular weight is 297 g/mol. The maximum Gasteiger partial charge on any atom is 0.238 e. The van der Waals surface area contributed by atoms with E-state index < -0.39 is 10.0 Å². The summed E-state index contributed by atoms with van der Waals surface area (Å²) in [6.45, 7) is 0. The molecule has 0 atom stereocenters. The lowest BCUT2D eigenvalue weighted by molar-refractivity contribution is 0.598. The van der Waals surface area contributed by atoms with Gasteiger partial charge in [-0.05, 0) is 23.6 Å². The fourth-order valence-corrected chi connectivity index (χ4v) is 3.21. The highest BCUT2D eigenvalue weighted by Gasteiger charge is 2.20. The summed E-state index contributed by atoms with van der Waals surface area (Å²) in [5.74, 6) is 0. The molecular formula is C15H11N3O2S. The zero-order chi connectivity index (χ0) is 15.0. The quantitative estimate of drug-likeness (QED) is 0.759. The van der Waals surface area contributed by atoms with Crippen molar-refractivity contribution in [3.8, 4) is 17.2 Å². The maximum absolute atomic E-state index is 11.8. The van der Waals surface area contributed by atoms with Crippen molar-refractivity contribution < 1.29 is 8.42 Å². The number of rotatable bonds is 2. The van der Waals surface area contributed by atoms with E-state index in [1.165, 1.54) is 12.1 Å². The molecule has 0 amide bonds. The minimum Gasteiger partial charge on any atom is -0.361 e. The lowest BCUT2D eigenvalue weighted by Gasteiger charge is -2.11. The molecule has 0 aliphatic carbocycles. The minimum atomic E-state index is -3.93. The zero-order valence-corrected chi connectivity index (χ0v) is 11.7. The second-order valence-corrected chi connectivity index (χ2v) is 6.11. The van der Waals surface area contributed by atoms with Gasteiger partial charge in [0.25, 0.3) is 0 Å². The molecule has 3 N–H and O–H groups in total. The van der Waals surface area contributed by atoms with Crippen LogP contribution in [0.4, 0.5) is 0 Å². The number of aromatic nitrogens is 1. The van der Waals surface area contributed by atoms with E-state index in [9.17, 15) is 13.7 Å². The van der Waals surface area contributed by atoms with Crippen molar-refractivity contribution >= 4 is 20.9 Å². The van der Waals surface area contributed by atoms with E-state index >= 15 is 0 Å². The van der Waals surface area contributed by atoms with Crippen LogP contribution in [0.15, 0.2) is 53.6 Å². The monoisotopic (exact) mass is 297 g/mol. The first-order valence-corrected chi connectivity index (χ1v) is 7.69. The van der Waals surface area contributed by atoms with Crippen LogP contribution >= 0.6 is 0 Å². The van der Waals surface area contributed by atoms with E-state index in [0.717, 1.165) is 10.9 Å². The highest BCUT2D eigenvalue weighted by molar-refractivity contribution is 7.89. The van der Waals surface area contributed by atoms with E-state index in [2.05, 4.69) is 4.98 Å². The Bertz CT molecular complexity index is 982. The number of nitrogens with zero attached hydrogens (tertiary/aromatic N) is 1. The van der Waals surface area contributed by atoms with E-state index in [0.29, 0.717) is 11.1 Å². The van der Waals surface area contributed by atoms with Crippen LogP contribution in [0.1, 0.15) is 5.56 Å². The number of para-hydroxylation sites is 1. The summed E-state index contributed by atoms with van der Waals surface area (Å²) in [6.07, 6.45) is 1.76. The zero-order valence-electron chi connectivity index (χ0n) is 10.9. The van der Waals surface area contributed by atoms with Crippen molar-refractivity contribution in [3.05, 3.63) is 54.2 Å². The standard InChI is InChI=1S/C15H11N3O2S/c16-9-11-4-2-6-13(21(17,19)20)14(11)12-5-1-3-10-7-8-18-15(10)12/h1-8,18H,(H2,17,19,20). The fourth-order valence-electron chi connectivity index (χ4n) is 2.43. The van der Waals surface area contributed by atoms with Crippen LogP contribution < -0.4 is 5.14 Å². The molecular weight excluding hydrogens is 286 g/mol. The smallest absolute Gasteiger partial charge is 0.238 e. The van der Waals surface area contributed by atoms with Gasteiger partial charge in [0.2, 0.25) is 10.0 Å².